The third kappa shape index (κ3) is 16.2. The summed E-state index contributed by atoms with van der Waals surface area (Å²) in [6.45, 7) is 23.6. The van der Waals surface area contributed by atoms with Crippen molar-refractivity contribution >= 4 is 0 Å². The predicted molar refractivity (Wildman–Crippen MR) is 445 cm³/mol. The van der Waals surface area contributed by atoms with Crippen LogP contribution in [-0.2, 0) is 67.6 Å². The van der Waals surface area contributed by atoms with E-state index >= 15 is 0 Å². The Labute approximate surface area is 624 Å². The summed E-state index contributed by atoms with van der Waals surface area (Å²) in [5.41, 5.74) is 41.2. The summed E-state index contributed by atoms with van der Waals surface area (Å²) in [5.74, 6) is 0. The summed E-state index contributed by atoms with van der Waals surface area (Å²) in [5, 5.41) is 0. The van der Waals surface area contributed by atoms with Gasteiger partial charge in [0.15, 0.2) is 0 Å². The molecule has 103 heavy (non-hydrogen) atoms. The van der Waals surface area contributed by atoms with Gasteiger partial charge in [-0.3, -0.25) is 0 Å². The molecule has 0 N–H and O–H groups in total. The first-order valence-corrected chi connectivity index (χ1v) is 41.6. The second-order valence-electron chi connectivity index (χ2n) is 33.2. The van der Waals surface area contributed by atoms with E-state index in [2.05, 4.69) is 238 Å². The van der Waals surface area contributed by atoms with Crippen molar-refractivity contribution in [2.24, 2.45) is 0 Å². The summed E-state index contributed by atoms with van der Waals surface area (Å²) < 4.78 is 0. The molecule has 0 fully saturated rings. The first-order valence-electron chi connectivity index (χ1n) is 41.6. The minimum atomic E-state index is 0.00106. The molecule has 0 aliphatic heterocycles. The highest BCUT2D eigenvalue weighted by Crippen LogP contribution is 2.58. The molecule has 0 saturated heterocycles. The largest absolute Gasteiger partial charge is 0.103 e. The van der Waals surface area contributed by atoms with E-state index in [1.54, 1.807) is 66.8 Å². The van der Waals surface area contributed by atoms with Crippen molar-refractivity contribution in [2.45, 2.75) is 289 Å². The highest BCUT2D eigenvalue weighted by atomic mass is 14.5. The molecule has 0 heteroatoms. The van der Waals surface area contributed by atoms with Gasteiger partial charge in [0, 0.05) is 16.2 Å². The van der Waals surface area contributed by atoms with Crippen LogP contribution in [0.2, 0.25) is 0 Å². The predicted octanol–water partition coefficient (Wildman–Crippen LogP) is 28.5. The minimum Gasteiger partial charge on any atom is -0.103 e. The molecule has 9 aromatic carbocycles. The molecule has 15 rings (SSSR count). The number of hydrogen-bond acceptors (Lipinski definition) is 0. The van der Waals surface area contributed by atoms with Gasteiger partial charge in [-0.2, -0.15) is 0 Å². The fraction of sp³-hybridized carbons (Fsp3) is 0.437. The Morgan fingerprint density at radius 3 is 0.883 bits per heavy atom. The van der Waals surface area contributed by atoms with Crippen molar-refractivity contribution in [3.63, 3.8) is 0 Å². The summed E-state index contributed by atoms with van der Waals surface area (Å²) in [7, 11) is 0. The van der Waals surface area contributed by atoms with Crippen molar-refractivity contribution in [3.8, 4) is 33.4 Å². The zero-order chi connectivity index (χ0) is 71.3. The molecule has 0 radical (unpaired) electrons. The second-order valence-corrected chi connectivity index (χ2v) is 33.2. The number of hydrogen-bond donors (Lipinski definition) is 0. The molecule has 6 aliphatic rings. The third-order valence-electron chi connectivity index (χ3n) is 25.7. The zero-order valence-electron chi connectivity index (χ0n) is 64.9. The lowest BCUT2D eigenvalue weighted by Crippen LogP contribution is -2.28. The van der Waals surface area contributed by atoms with Gasteiger partial charge in [0.1, 0.15) is 0 Å². The normalized spacial score (nSPS) is 14.8. The smallest absolute Gasteiger partial charge is 0.0463 e. The number of aryl methyl sites for hydroxylation is 14. The van der Waals surface area contributed by atoms with E-state index in [9.17, 15) is 0 Å². The summed E-state index contributed by atoms with van der Waals surface area (Å²) in [6.07, 6.45) is 49.3. The molecule has 0 nitrogen and oxygen atoms in total. The van der Waals surface area contributed by atoms with Crippen molar-refractivity contribution in [2.75, 3.05) is 0 Å². The average molecular weight is 1360 g/mol. The minimum absolute atomic E-state index is 0.00106. The van der Waals surface area contributed by atoms with Gasteiger partial charge in [0.25, 0.3) is 0 Å². The Kier molecular flexibility index (Phi) is 24.4. The summed E-state index contributed by atoms with van der Waals surface area (Å²) in [6, 6.07) is 65.1. The molecule has 0 spiro atoms. The Bertz CT molecular complexity index is 4170. The van der Waals surface area contributed by atoms with Crippen LogP contribution in [0, 0.1) is 41.5 Å². The van der Waals surface area contributed by atoms with Gasteiger partial charge in [-0.25, -0.2) is 0 Å². The van der Waals surface area contributed by atoms with Crippen molar-refractivity contribution in [1.82, 2.24) is 0 Å². The third-order valence-corrected chi connectivity index (χ3v) is 25.7. The fourth-order valence-corrected chi connectivity index (χ4v) is 19.6. The zero-order valence-corrected chi connectivity index (χ0v) is 64.9. The molecule has 0 aromatic heterocycles. The summed E-state index contributed by atoms with van der Waals surface area (Å²) >= 11 is 0. The topological polar surface area (TPSA) is 0 Å². The summed E-state index contributed by atoms with van der Waals surface area (Å²) in [4.78, 5) is 0. The van der Waals surface area contributed by atoms with E-state index in [0.29, 0.717) is 0 Å². The molecule has 0 atom stereocenters. The first-order chi connectivity index (χ1) is 50.3. The molecule has 0 bridgehead atoms. The van der Waals surface area contributed by atoms with E-state index in [0.717, 1.165) is 12.8 Å². The highest BCUT2D eigenvalue weighted by molar-refractivity contribution is 5.85. The van der Waals surface area contributed by atoms with Crippen LogP contribution in [0.25, 0.3) is 33.4 Å². The molecular formula is C103H124. The van der Waals surface area contributed by atoms with Crippen molar-refractivity contribution < 1.29 is 0 Å². The van der Waals surface area contributed by atoms with E-state index in [1.165, 1.54) is 295 Å². The first kappa shape index (κ1) is 73.8. The highest BCUT2D eigenvalue weighted by Gasteiger charge is 2.46. The van der Waals surface area contributed by atoms with E-state index < -0.39 is 0 Å². The number of unbranched alkanes of at least 4 members (excludes halogenated alkanes) is 17. The van der Waals surface area contributed by atoms with Gasteiger partial charge < -0.3 is 0 Å². The Balaban J connectivity index is 0.000000141. The number of allylic oxidation sites excluding steroid dienone is 2. The Morgan fingerprint density at radius 1 is 0.272 bits per heavy atom. The SMILES string of the molecule is C=CCCCCCCC1(CCCCCCC=C)c2cc(C)ccc2-c2ccc(C)cc21.CCCCCCC1(c2ccc3c(c2)CC3)c2cc(C)ccc2-c2ccc(C)cc21.Cc1ccc2c(c1)C(CCCCCCc1ccc3c(c1)CC3)(CCCCCCc1ccc3c(c1)CC3)c1cc(C)ccc1-2. The average Bonchev–Trinajstić information content (AvgIpc) is 1.57. The van der Waals surface area contributed by atoms with Crippen molar-refractivity contribution in [3.05, 3.63) is 306 Å². The molecule has 536 valence electrons. The standard InChI is InChI=1S/C43H50.C31H42.C29H32/c1-31-13-23-39-40-24-14-32(2)28-42(40)43(41(39)27-31,25-9-5-3-7-11-33-15-17-35-19-21-37(35)29-33)26-10-6-4-8-12-34-16-18-36-20-22-38(36)30-34;1-5-7-9-11-13-15-21-31(22-16-14-12-10-8-6-2)29-23-25(3)17-19-27(29)28-20-18-26(4)24-30(28)31;1-4-5-6-7-16-29(24-13-12-22-10-11-23(22)19-24)27-17-20(2)8-14-25(27)26-15-9-21(3)18-28(26)29/h13-18,23-24,27-30H,3-12,19-22,25-26H2,1-2H3;5-6,17-20,23-24H,1-2,7-16,21-22H2,3-4H3;8-9,12-15,17-19H,4-7,10-11,16H2,1-3H3. The van der Waals surface area contributed by atoms with Crippen LogP contribution in [0.4, 0.5) is 0 Å². The van der Waals surface area contributed by atoms with E-state index in [4.69, 9.17) is 0 Å². The number of fused-ring (bicyclic) bond motifs is 12. The quantitative estimate of drug-likeness (QED) is 0.0279. The maximum Gasteiger partial charge on any atom is 0.0463 e. The van der Waals surface area contributed by atoms with Gasteiger partial charge in [-0.15, -0.1) is 13.2 Å². The lowest BCUT2D eigenvalue weighted by atomic mass is 9.67. The maximum absolute atomic E-state index is 3.87. The Hall–Kier alpha value is -7.54. The van der Waals surface area contributed by atoms with E-state index in [-0.39, 0.29) is 16.2 Å². The van der Waals surface area contributed by atoms with Crippen LogP contribution >= 0.6 is 0 Å². The lowest BCUT2D eigenvalue weighted by Gasteiger charge is -2.35. The van der Waals surface area contributed by atoms with Gasteiger partial charge in [-0.1, -0.05) is 319 Å². The Morgan fingerprint density at radius 2 is 0.563 bits per heavy atom. The second kappa shape index (κ2) is 34.1. The molecule has 9 aromatic rings. The fourth-order valence-electron chi connectivity index (χ4n) is 19.6. The van der Waals surface area contributed by atoms with Crippen LogP contribution in [0.5, 0.6) is 0 Å². The molecule has 0 saturated carbocycles. The monoisotopic (exact) mass is 1360 g/mol. The lowest BCUT2D eigenvalue weighted by molar-refractivity contribution is 0.399. The van der Waals surface area contributed by atoms with Crippen LogP contribution in [0.1, 0.15) is 297 Å². The van der Waals surface area contributed by atoms with Crippen molar-refractivity contribution in [1.29, 1.82) is 0 Å². The molecule has 0 unspecified atom stereocenters. The molecule has 0 amide bonds. The maximum atomic E-state index is 3.87. The van der Waals surface area contributed by atoms with Gasteiger partial charge in [0.05, 0.1) is 0 Å². The van der Waals surface area contributed by atoms with Crippen LogP contribution < -0.4 is 0 Å². The molecule has 6 aliphatic carbocycles. The number of rotatable bonds is 34. The number of benzene rings is 9. The van der Waals surface area contributed by atoms with E-state index in [1.807, 2.05) is 0 Å². The van der Waals surface area contributed by atoms with Gasteiger partial charge >= 0.3 is 0 Å². The van der Waals surface area contributed by atoms with Gasteiger partial charge in [0.2, 0.25) is 0 Å². The molecule has 0 heterocycles. The van der Waals surface area contributed by atoms with Crippen LogP contribution in [0.3, 0.4) is 0 Å². The molecular weight excluding hydrogens is 1240 g/mol. The van der Waals surface area contributed by atoms with Gasteiger partial charge in [-0.05, 0) is 280 Å². The van der Waals surface area contributed by atoms with Crippen LogP contribution in [-0.4, -0.2) is 0 Å². The van der Waals surface area contributed by atoms with Crippen LogP contribution in [0.15, 0.2) is 189 Å².